The van der Waals surface area contributed by atoms with Crippen molar-refractivity contribution in [1.29, 1.82) is 0 Å². The molecule has 0 aliphatic rings. The first kappa shape index (κ1) is 34.9. The number of aliphatic hydroxyl groups is 1. The van der Waals surface area contributed by atoms with E-state index in [2.05, 4.69) is 13.2 Å². The first-order valence-corrected chi connectivity index (χ1v) is 11.1. The van der Waals surface area contributed by atoms with E-state index < -0.39 is 18.2 Å². The van der Waals surface area contributed by atoms with Crippen LogP contribution in [0.4, 0.5) is 18.9 Å². The SMILES string of the molecule is C=C(/C(N)=C\C(=C/C)C(O)(C/C=C\C)C(F)(F)F)N(C)c1ccccc1.C=CC.CC.CC. The van der Waals surface area contributed by atoms with Crippen molar-refractivity contribution >= 4 is 5.69 Å². The second kappa shape index (κ2) is 18.8. The number of alkyl halides is 3. The highest BCUT2D eigenvalue weighted by Crippen LogP contribution is 2.40. The van der Waals surface area contributed by atoms with Crippen molar-refractivity contribution in [3.63, 3.8) is 0 Å². The third kappa shape index (κ3) is 11.6. The number of benzene rings is 1. The Bertz CT molecular complexity index is 750. The first-order chi connectivity index (χ1) is 15.5. The van der Waals surface area contributed by atoms with Crippen molar-refractivity contribution in [2.75, 3.05) is 11.9 Å². The van der Waals surface area contributed by atoms with Crippen LogP contribution in [0.5, 0.6) is 0 Å². The molecule has 1 rings (SSSR count). The van der Waals surface area contributed by atoms with Gasteiger partial charge in [-0.3, -0.25) is 0 Å². The zero-order valence-electron chi connectivity index (χ0n) is 21.5. The summed E-state index contributed by atoms with van der Waals surface area (Å²) >= 11 is 0. The van der Waals surface area contributed by atoms with Gasteiger partial charge >= 0.3 is 6.18 Å². The zero-order valence-corrected chi connectivity index (χ0v) is 21.5. The van der Waals surface area contributed by atoms with E-state index in [1.54, 1.807) is 24.9 Å². The van der Waals surface area contributed by atoms with E-state index >= 15 is 0 Å². The van der Waals surface area contributed by atoms with Crippen molar-refractivity contribution in [2.45, 2.75) is 66.7 Å². The Morgan fingerprint density at radius 2 is 1.52 bits per heavy atom. The fourth-order valence-electron chi connectivity index (χ4n) is 2.38. The molecule has 33 heavy (non-hydrogen) atoms. The molecule has 0 aliphatic carbocycles. The van der Waals surface area contributed by atoms with Gasteiger partial charge in [-0.25, -0.2) is 0 Å². The number of allylic oxidation sites excluding steroid dienone is 3. The summed E-state index contributed by atoms with van der Waals surface area (Å²) in [5, 5.41) is 10.3. The number of hydrogen-bond acceptors (Lipinski definition) is 3. The van der Waals surface area contributed by atoms with Gasteiger partial charge in [-0.15, -0.1) is 6.58 Å². The van der Waals surface area contributed by atoms with Crippen LogP contribution in [-0.4, -0.2) is 23.9 Å². The van der Waals surface area contributed by atoms with E-state index in [1.807, 2.05) is 65.0 Å². The maximum absolute atomic E-state index is 13.5. The number of nitrogens with zero attached hydrogens (tertiary/aromatic N) is 1. The van der Waals surface area contributed by atoms with E-state index in [1.165, 1.54) is 25.2 Å². The second-order valence-electron chi connectivity index (χ2n) is 6.22. The molecule has 1 aromatic rings. The summed E-state index contributed by atoms with van der Waals surface area (Å²) in [6.07, 6.45) is 1.36. The molecule has 0 radical (unpaired) electrons. The molecular weight excluding hydrogens is 425 g/mol. The molecule has 0 saturated heterocycles. The van der Waals surface area contributed by atoms with Crippen LogP contribution in [0.3, 0.4) is 0 Å². The summed E-state index contributed by atoms with van der Waals surface area (Å²) in [5.74, 6) is 0. The Morgan fingerprint density at radius 1 is 1.06 bits per heavy atom. The smallest absolute Gasteiger partial charge is 0.397 e. The molecule has 1 unspecified atom stereocenters. The van der Waals surface area contributed by atoms with Gasteiger partial charge < -0.3 is 15.7 Å². The number of likely N-dealkylation sites (N-methyl/N-ethyl adjacent to an activating group) is 1. The largest absolute Gasteiger partial charge is 0.421 e. The summed E-state index contributed by atoms with van der Waals surface area (Å²) < 4.78 is 40.5. The molecule has 0 saturated carbocycles. The molecule has 0 bridgehead atoms. The maximum atomic E-state index is 13.5. The molecule has 6 heteroatoms. The molecule has 188 valence electrons. The fraction of sp³-hybridized carbons (Fsp3) is 0.407. The molecule has 1 atom stereocenters. The molecule has 0 aliphatic heterocycles. The molecule has 3 N–H and O–H groups in total. The Hall–Kier alpha value is -2.73. The highest BCUT2D eigenvalue weighted by atomic mass is 19.4. The van der Waals surface area contributed by atoms with Crippen molar-refractivity contribution in [1.82, 2.24) is 0 Å². The molecule has 1 aromatic carbocycles. The summed E-state index contributed by atoms with van der Waals surface area (Å²) in [6, 6.07) is 9.16. The van der Waals surface area contributed by atoms with Crippen LogP contribution in [0.25, 0.3) is 0 Å². The minimum Gasteiger partial charge on any atom is -0.397 e. The number of halogens is 3. The average Bonchev–Trinajstić information content (AvgIpc) is 2.82. The maximum Gasteiger partial charge on any atom is 0.421 e. The Balaban J connectivity index is -0.00000115. The van der Waals surface area contributed by atoms with Crippen molar-refractivity contribution < 1.29 is 18.3 Å². The normalized spacial score (nSPS) is 13.2. The average molecular weight is 469 g/mol. The van der Waals surface area contributed by atoms with Crippen LogP contribution >= 0.6 is 0 Å². The van der Waals surface area contributed by atoms with Crippen LogP contribution < -0.4 is 10.6 Å². The predicted molar refractivity (Wildman–Crippen MR) is 139 cm³/mol. The van der Waals surface area contributed by atoms with E-state index in [-0.39, 0.29) is 11.3 Å². The van der Waals surface area contributed by atoms with Crippen molar-refractivity contribution in [3.8, 4) is 0 Å². The standard InChI is InChI=1S/C20H25F3N2O.C3H6.2C2H6/c1-5-7-13-19(26,20(21,22)23)16(6-2)14-18(24)15(3)25(4)17-11-9-8-10-12-17;1-3-2;2*1-2/h5-12,14,26H,3,13,24H2,1-2,4H3;3H,1H2,2H3;2*1-2H3/b7-5-,16-6+,18-14+;;;. The zero-order chi connectivity index (χ0) is 26.7. The molecular formula is C27H43F3N2O. The van der Waals surface area contributed by atoms with E-state index in [0.717, 1.165) is 11.8 Å². The van der Waals surface area contributed by atoms with Gasteiger partial charge in [-0.2, -0.15) is 13.2 Å². The molecule has 0 heterocycles. The predicted octanol–water partition coefficient (Wildman–Crippen LogP) is 7.93. The number of anilines is 1. The lowest BCUT2D eigenvalue weighted by Crippen LogP contribution is -2.46. The first-order valence-electron chi connectivity index (χ1n) is 11.1. The van der Waals surface area contributed by atoms with Crippen LogP contribution in [0.15, 0.2) is 90.8 Å². The number of rotatable bonds is 7. The lowest BCUT2D eigenvalue weighted by Gasteiger charge is -2.31. The summed E-state index contributed by atoms with van der Waals surface area (Å²) in [6.45, 7) is 20.1. The molecule has 0 aromatic heterocycles. The highest BCUT2D eigenvalue weighted by Gasteiger charge is 2.54. The van der Waals surface area contributed by atoms with E-state index in [0.29, 0.717) is 5.70 Å². The molecule has 0 amide bonds. The third-order valence-corrected chi connectivity index (χ3v) is 4.10. The second-order valence-corrected chi connectivity index (χ2v) is 6.22. The Labute approximate surface area is 199 Å². The van der Waals surface area contributed by atoms with Gasteiger partial charge in [0.1, 0.15) is 0 Å². The fourth-order valence-corrected chi connectivity index (χ4v) is 2.38. The van der Waals surface area contributed by atoms with Gasteiger partial charge in [0.15, 0.2) is 5.60 Å². The number of nitrogens with two attached hydrogens (primary N) is 1. The van der Waals surface area contributed by atoms with Crippen LogP contribution in [0, 0.1) is 0 Å². The Kier molecular flexibility index (Phi) is 19.9. The lowest BCUT2D eigenvalue weighted by atomic mass is 9.88. The van der Waals surface area contributed by atoms with Gasteiger partial charge in [0.25, 0.3) is 0 Å². The van der Waals surface area contributed by atoms with Crippen LogP contribution in [-0.2, 0) is 0 Å². The minimum atomic E-state index is -4.85. The van der Waals surface area contributed by atoms with Crippen LogP contribution in [0.1, 0.15) is 54.9 Å². The van der Waals surface area contributed by atoms with Gasteiger partial charge in [-0.05, 0) is 44.6 Å². The molecule has 0 fully saturated rings. The summed E-state index contributed by atoms with van der Waals surface area (Å²) in [4.78, 5) is 1.66. The van der Waals surface area contributed by atoms with Crippen LogP contribution in [0.2, 0.25) is 0 Å². The van der Waals surface area contributed by atoms with Crippen molar-refractivity contribution in [3.05, 3.63) is 90.8 Å². The van der Waals surface area contributed by atoms with Gasteiger partial charge in [0.2, 0.25) is 0 Å². The third-order valence-electron chi connectivity index (χ3n) is 4.10. The quantitative estimate of drug-likeness (QED) is 0.315. The summed E-state index contributed by atoms with van der Waals surface area (Å²) in [7, 11) is 1.71. The molecule has 0 spiro atoms. The van der Waals surface area contributed by atoms with Gasteiger partial charge in [0.05, 0.1) is 11.4 Å². The van der Waals surface area contributed by atoms with E-state index in [9.17, 15) is 18.3 Å². The monoisotopic (exact) mass is 468 g/mol. The van der Waals surface area contributed by atoms with Crippen molar-refractivity contribution in [2.24, 2.45) is 5.73 Å². The Morgan fingerprint density at radius 3 is 1.88 bits per heavy atom. The number of para-hydroxylation sites is 1. The molecule has 3 nitrogen and oxygen atoms in total. The minimum absolute atomic E-state index is 0.0348. The van der Waals surface area contributed by atoms with Gasteiger partial charge in [0, 0.05) is 19.2 Å². The number of hydrogen-bond donors (Lipinski definition) is 2. The topological polar surface area (TPSA) is 49.5 Å². The lowest BCUT2D eigenvalue weighted by molar-refractivity contribution is -0.241. The van der Waals surface area contributed by atoms with E-state index in [4.69, 9.17) is 5.73 Å². The summed E-state index contributed by atoms with van der Waals surface area (Å²) in [5.41, 5.74) is 3.78. The van der Waals surface area contributed by atoms with Gasteiger partial charge in [-0.1, -0.05) is 76.8 Å². The highest BCUT2D eigenvalue weighted by molar-refractivity contribution is 5.55.